The van der Waals surface area contributed by atoms with Crippen molar-refractivity contribution in [1.82, 2.24) is 0 Å². The SMILES string of the molecule is C=C(C=C(C)CC)OC(C)CCC. The molecule has 0 aliphatic carbocycles. The van der Waals surface area contributed by atoms with E-state index in [2.05, 4.69) is 34.3 Å². The smallest absolute Gasteiger partial charge is 0.112 e. The average molecular weight is 182 g/mol. The van der Waals surface area contributed by atoms with Crippen LogP contribution in [0.2, 0.25) is 0 Å². The second-order valence-corrected chi connectivity index (χ2v) is 3.53. The molecule has 0 aromatic carbocycles. The minimum atomic E-state index is 0.290. The summed E-state index contributed by atoms with van der Waals surface area (Å²) in [4.78, 5) is 0. The zero-order chi connectivity index (χ0) is 10.3. The molecule has 13 heavy (non-hydrogen) atoms. The van der Waals surface area contributed by atoms with Crippen LogP contribution < -0.4 is 0 Å². The summed E-state index contributed by atoms with van der Waals surface area (Å²) in [6, 6.07) is 0. The Labute approximate surface area is 82.5 Å². The van der Waals surface area contributed by atoms with E-state index < -0.39 is 0 Å². The van der Waals surface area contributed by atoms with Gasteiger partial charge in [0.2, 0.25) is 0 Å². The van der Waals surface area contributed by atoms with Gasteiger partial charge in [-0.3, -0.25) is 0 Å². The van der Waals surface area contributed by atoms with E-state index in [4.69, 9.17) is 4.74 Å². The molecule has 0 rings (SSSR count). The summed E-state index contributed by atoms with van der Waals surface area (Å²) in [5.41, 5.74) is 1.31. The van der Waals surface area contributed by atoms with Crippen molar-refractivity contribution < 1.29 is 4.74 Å². The van der Waals surface area contributed by atoms with E-state index >= 15 is 0 Å². The molecule has 1 atom stereocenters. The molecule has 0 aromatic heterocycles. The minimum absolute atomic E-state index is 0.290. The fourth-order valence-corrected chi connectivity index (χ4v) is 1.13. The van der Waals surface area contributed by atoms with Gasteiger partial charge in [0.15, 0.2) is 0 Å². The molecule has 0 aliphatic heterocycles. The molecule has 0 aromatic rings. The molecule has 0 amide bonds. The van der Waals surface area contributed by atoms with Crippen molar-refractivity contribution in [3.05, 3.63) is 24.0 Å². The van der Waals surface area contributed by atoms with Crippen molar-refractivity contribution >= 4 is 0 Å². The van der Waals surface area contributed by atoms with Crippen LogP contribution in [0.1, 0.15) is 47.0 Å². The van der Waals surface area contributed by atoms with E-state index in [-0.39, 0.29) is 0 Å². The monoisotopic (exact) mass is 182 g/mol. The standard InChI is InChI=1S/C12H22O/c1-6-8-11(4)13-12(5)9-10(3)7-2/h9,11H,5-8H2,1-4H3. The Morgan fingerprint density at radius 3 is 2.54 bits per heavy atom. The molecular weight excluding hydrogens is 160 g/mol. The van der Waals surface area contributed by atoms with Crippen LogP contribution in [0.4, 0.5) is 0 Å². The van der Waals surface area contributed by atoms with Crippen LogP contribution in [0.15, 0.2) is 24.0 Å². The zero-order valence-corrected chi connectivity index (χ0v) is 9.39. The molecule has 0 saturated heterocycles. The molecule has 0 spiro atoms. The summed E-state index contributed by atoms with van der Waals surface area (Å²) in [7, 11) is 0. The maximum Gasteiger partial charge on any atom is 0.112 e. The lowest BCUT2D eigenvalue weighted by Crippen LogP contribution is -2.05. The summed E-state index contributed by atoms with van der Waals surface area (Å²) in [6.07, 6.45) is 5.62. The van der Waals surface area contributed by atoms with Crippen molar-refractivity contribution in [2.75, 3.05) is 0 Å². The van der Waals surface area contributed by atoms with Gasteiger partial charge in [0, 0.05) is 0 Å². The largest absolute Gasteiger partial charge is 0.491 e. The first-order chi connectivity index (χ1) is 6.10. The summed E-state index contributed by atoms with van der Waals surface area (Å²) < 4.78 is 5.59. The third-order valence-corrected chi connectivity index (χ3v) is 2.01. The van der Waals surface area contributed by atoms with Crippen LogP contribution in [0.5, 0.6) is 0 Å². The van der Waals surface area contributed by atoms with E-state index in [0.29, 0.717) is 6.10 Å². The first-order valence-corrected chi connectivity index (χ1v) is 5.12. The molecule has 0 N–H and O–H groups in total. The van der Waals surface area contributed by atoms with Gasteiger partial charge in [-0.05, 0) is 32.8 Å². The van der Waals surface area contributed by atoms with E-state index in [1.54, 1.807) is 0 Å². The van der Waals surface area contributed by atoms with Crippen LogP contribution in [-0.4, -0.2) is 6.10 Å². The highest BCUT2D eigenvalue weighted by atomic mass is 16.5. The van der Waals surface area contributed by atoms with Crippen molar-refractivity contribution in [3.63, 3.8) is 0 Å². The Hall–Kier alpha value is -0.720. The predicted molar refractivity (Wildman–Crippen MR) is 58.6 cm³/mol. The third kappa shape index (κ3) is 6.44. The van der Waals surface area contributed by atoms with E-state index in [1.807, 2.05) is 6.08 Å². The van der Waals surface area contributed by atoms with Crippen LogP contribution in [-0.2, 0) is 4.74 Å². The Morgan fingerprint density at radius 2 is 2.08 bits per heavy atom. The third-order valence-electron chi connectivity index (χ3n) is 2.01. The van der Waals surface area contributed by atoms with Crippen molar-refractivity contribution in [3.8, 4) is 0 Å². The lowest BCUT2D eigenvalue weighted by molar-refractivity contribution is 0.133. The van der Waals surface area contributed by atoms with E-state index in [1.165, 1.54) is 5.57 Å². The molecule has 0 fully saturated rings. The first-order valence-electron chi connectivity index (χ1n) is 5.12. The summed E-state index contributed by atoms with van der Waals surface area (Å²) in [6.45, 7) is 12.3. The Bertz CT molecular complexity index is 180. The van der Waals surface area contributed by atoms with Gasteiger partial charge in [-0.15, -0.1) is 0 Å². The summed E-state index contributed by atoms with van der Waals surface area (Å²) >= 11 is 0. The summed E-state index contributed by atoms with van der Waals surface area (Å²) in [5, 5.41) is 0. The van der Waals surface area contributed by atoms with Crippen molar-refractivity contribution in [2.45, 2.75) is 53.1 Å². The minimum Gasteiger partial charge on any atom is -0.491 e. The highest BCUT2D eigenvalue weighted by molar-refractivity contribution is 5.13. The van der Waals surface area contributed by atoms with Gasteiger partial charge in [-0.2, -0.15) is 0 Å². The normalized spacial score (nSPS) is 14.0. The van der Waals surface area contributed by atoms with Crippen LogP contribution >= 0.6 is 0 Å². The van der Waals surface area contributed by atoms with Gasteiger partial charge in [-0.1, -0.05) is 32.4 Å². The molecule has 1 unspecified atom stereocenters. The van der Waals surface area contributed by atoms with Gasteiger partial charge in [-0.25, -0.2) is 0 Å². The highest BCUT2D eigenvalue weighted by Crippen LogP contribution is 2.10. The Morgan fingerprint density at radius 1 is 1.46 bits per heavy atom. The molecule has 0 aliphatic rings. The lowest BCUT2D eigenvalue weighted by Gasteiger charge is -2.13. The molecule has 76 valence electrons. The Kier molecular flexibility index (Phi) is 6.38. The second kappa shape index (κ2) is 6.76. The molecular formula is C12H22O. The molecule has 0 saturated carbocycles. The number of allylic oxidation sites excluding steroid dienone is 2. The molecule has 1 heteroatoms. The van der Waals surface area contributed by atoms with Crippen LogP contribution in [0.3, 0.4) is 0 Å². The Balaban J connectivity index is 3.86. The lowest BCUT2D eigenvalue weighted by atomic mass is 10.2. The van der Waals surface area contributed by atoms with Gasteiger partial charge in [0.05, 0.1) is 6.10 Å². The zero-order valence-electron chi connectivity index (χ0n) is 9.39. The van der Waals surface area contributed by atoms with Crippen LogP contribution in [0, 0.1) is 0 Å². The van der Waals surface area contributed by atoms with E-state index in [0.717, 1.165) is 25.0 Å². The predicted octanol–water partition coefficient (Wildman–Crippen LogP) is 4.06. The molecule has 0 radical (unpaired) electrons. The maximum atomic E-state index is 5.59. The fourth-order valence-electron chi connectivity index (χ4n) is 1.13. The number of hydrogen-bond acceptors (Lipinski definition) is 1. The van der Waals surface area contributed by atoms with E-state index in [9.17, 15) is 0 Å². The van der Waals surface area contributed by atoms with Gasteiger partial charge < -0.3 is 4.74 Å². The first kappa shape index (κ1) is 12.3. The highest BCUT2D eigenvalue weighted by Gasteiger charge is 2.01. The number of hydrogen-bond donors (Lipinski definition) is 0. The van der Waals surface area contributed by atoms with Gasteiger partial charge in [0.25, 0.3) is 0 Å². The van der Waals surface area contributed by atoms with Crippen molar-refractivity contribution in [2.24, 2.45) is 0 Å². The van der Waals surface area contributed by atoms with Gasteiger partial charge >= 0.3 is 0 Å². The molecule has 0 heterocycles. The quantitative estimate of drug-likeness (QED) is 0.444. The summed E-state index contributed by atoms with van der Waals surface area (Å²) in [5.74, 6) is 0.792. The van der Waals surface area contributed by atoms with Crippen molar-refractivity contribution in [1.29, 1.82) is 0 Å². The maximum absolute atomic E-state index is 5.59. The topological polar surface area (TPSA) is 9.23 Å². The fraction of sp³-hybridized carbons (Fsp3) is 0.667. The molecule has 0 bridgehead atoms. The number of rotatable bonds is 6. The van der Waals surface area contributed by atoms with Crippen LogP contribution in [0.25, 0.3) is 0 Å². The van der Waals surface area contributed by atoms with Gasteiger partial charge in [0.1, 0.15) is 5.76 Å². The molecule has 1 nitrogen and oxygen atoms in total. The second-order valence-electron chi connectivity index (χ2n) is 3.53. The average Bonchev–Trinajstić information content (AvgIpc) is 2.04. The number of ether oxygens (including phenoxy) is 1.